The highest BCUT2D eigenvalue weighted by atomic mass is 16.5. The minimum Gasteiger partial charge on any atom is -0.418 e. The summed E-state index contributed by atoms with van der Waals surface area (Å²) in [6, 6.07) is 0. The molecule has 124 valence electrons. The molecule has 0 saturated carbocycles. The number of esters is 2. The Morgan fingerprint density at radius 2 is 1.79 bits per heavy atom. The third kappa shape index (κ3) is 4.40. The first kappa shape index (κ1) is 16.7. The lowest BCUT2D eigenvalue weighted by atomic mass is 10.2. The van der Waals surface area contributed by atoms with Gasteiger partial charge in [-0.2, -0.15) is 0 Å². The lowest BCUT2D eigenvalue weighted by Gasteiger charge is -2.14. The Bertz CT molecular complexity index is 888. The third-order valence-corrected chi connectivity index (χ3v) is 2.61. The van der Waals surface area contributed by atoms with E-state index in [1.807, 2.05) is 4.98 Å². The van der Waals surface area contributed by atoms with Crippen LogP contribution in [0.2, 0.25) is 0 Å². The number of amides is 1. The maximum atomic E-state index is 11.5. The molecule has 1 aromatic heterocycles. The van der Waals surface area contributed by atoms with Crippen LogP contribution < -0.4 is 21.3 Å². The number of aromatic nitrogens is 2. The smallest absolute Gasteiger partial charge is 0.336 e. The minimum atomic E-state index is -1.06. The summed E-state index contributed by atoms with van der Waals surface area (Å²) in [5.74, 6) is -3.35. The Hall–Kier alpha value is -3.69. The van der Waals surface area contributed by atoms with Crippen molar-refractivity contribution in [2.75, 3.05) is 0 Å². The van der Waals surface area contributed by atoms with E-state index in [2.05, 4.69) is 21.6 Å². The highest BCUT2D eigenvalue weighted by Crippen LogP contribution is 2.10. The number of H-pyrrole nitrogens is 2. The van der Waals surface area contributed by atoms with E-state index in [9.17, 15) is 24.0 Å². The molecule has 2 rings (SSSR count). The van der Waals surface area contributed by atoms with Crippen LogP contribution in [-0.2, 0) is 19.1 Å². The van der Waals surface area contributed by atoms with Crippen LogP contribution >= 0.6 is 0 Å². The molecule has 0 aliphatic carbocycles. The Morgan fingerprint density at radius 3 is 2.42 bits per heavy atom. The predicted molar refractivity (Wildman–Crippen MR) is 78.5 cm³/mol. The first-order valence-electron chi connectivity index (χ1n) is 6.48. The molecule has 0 radical (unpaired) electrons. The number of hydrogen-bond donors (Lipinski definition) is 3. The molecule has 3 N–H and O–H groups in total. The number of carbonyl (C=O) groups is 3. The van der Waals surface area contributed by atoms with E-state index in [0.717, 1.165) is 12.3 Å². The molecule has 1 aliphatic heterocycles. The summed E-state index contributed by atoms with van der Waals surface area (Å²) in [5, 5.41) is 2.38. The van der Waals surface area contributed by atoms with Crippen LogP contribution in [0.25, 0.3) is 0 Å². The van der Waals surface area contributed by atoms with Gasteiger partial charge in [0.05, 0.1) is 6.20 Å². The highest BCUT2D eigenvalue weighted by Gasteiger charge is 2.18. The number of aromatic amines is 2. The standard InChI is InChI=1S/C14H11N3O7/c1-7-2-3-8(12(20)16-7)23-10(18)4-5-11(19)24-9-6-15-14(22)17-13(9)21/h3-6H,1-2H2,(H,16,20)(H2,15,17,21,22)/b5-4+. The van der Waals surface area contributed by atoms with E-state index in [-0.39, 0.29) is 5.76 Å². The van der Waals surface area contributed by atoms with E-state index in [0.29, 0.717) is 18.2 Å². The average Bonchev–Trinajstić information content (AvgIpc) is 2.51. The summed E-state index contributed by atoms with van der Waals surface area (Å²) in [6.07, 6.45) is 4.00. The molecule has 0 spiro atoms. The molecule has 1 aromatic rings. The second kappa shape index (κ2) is 7.05. The fourth-order valence-corrected chi connectivity index (χ4v) is 1.56. The van der Waals surface area contributed by atoms with Crippen molar-refractivity contribution in [3.05, 3.63) is 63.3 Å². The van der Waals surface area contributed by atoms with Gasteiger partial charge in [0.15, 0.2) is 5.76 Å². The summed E-state index contributed by atoms with van der Waals surface area (Å²) < 4.78 is 9.37. The molecular weight excluding hydrogens is 322 g/mol. The molecule has 0 bridgehead atoms. The predicted octanol–water partition coefficient (Wildman–Crippen LogP) is -1.01. The summed E-state index contributed by atoms with van der Waals surface area (Å²) in [4.78, 5) is 60.6. The summed E-state index contributed by atoms with van der Waals surface area (Å²) in [7, 11) is 0. The Labute approximate surface area is 133 Å². The number of rotatable bonds is 4. The van der Waals surface area contributed by atoms with Gasteiger partial charge in [0.1, 0.15) is 0 Å². The van der Waals surface area contributed by atoms with E-state index >= 15 is 0 Å². The Kier molecular flexibility index (Phi) is 4.90. The second-order valence-electron chi connectivity index (χ2n) is 4.44. The van der Waals surface area contributed by atoms with Gasteiger partial charge in [-0.25, -0.2) is 14.4 Å². The minimum absolute atomic E-state index is 0.220. The summed E-state index contributed by atoms with van der Waals surface area (Å²) in [5.41, 5.74) is -1.21. The highest BCUT2D eigenvalue weighted by molar-refractivity contribution is 5.98. The van der Waals surface area contributed by atoms with E-state index < -0.39 is 34.8 Å². The van der Waals surface area contributed by atoms with Crippen molar-refractivity contribution >= 4 is 17.8 Å². The summed E-state index contributed by atoms with van der Waals surface area (Å²) in [6.45, 7) is 3.55. The molecule has 2 heterocycles. The third-order valence-electron chi connectivity index (χ3n) is 2.61. The number of ether oxygens (including phenoxy) is 2. The quantitative estimate of drug-likeness (QED) is 0.472. The van der Waals surface area contributed by atoms with Crippen molar-refractivity contribution in [1.29, 1.82) is 0 Å². The zero-order valence-electron chi connectivity index (χ0n) is 12.1. The van der Waals surface area contributed by atoms with Crippen LogP contribution in [0.5, 0.6) is 5.75 Å². The van der Waals surface area contributed by atoms with Gasteiger partial charge >= 0.3 is 17.6 Å². The van der Waals surface area contributed by atoms with Crippen LogP contribution in [0, 0.1) is 0 Å². The summed E-state index contributed by atoms with van der Waals surface area (Å²) >= 11 is 0. The van der Waals surface area contributed by atoms with Crippen LogP contribution in [-0.4, -0.2) is 27.8 Å². The SMILES string of the molecule is C=C1CC=C(OC(=O)/C=C/C(=O)Oc2c[nH]c(=O)[nH]c2=O)C(=O)N1. The molecule has 0 saturated heterocycles. The lowest BCUT2D eigenvalue weighted by Crippen LogP contribution is -2.29. The van der Waals surface area contributed by atoms with Crippen LogP contribution in [0.4, 0.5) is 0 Å². The van der Waals surface area contributed by atoms with Crippen molar-refractivity contribution in [3.63, 3.8) is 0 Å². The van der Waals surface area contributed by atoms with Crippen molar-refractivity contribution in [3.8, 4) is 5.75 Å². The zero-order valence-corrected chi connectivity index (χ0v) is 12.1. The maximum Gasteiger partial charge on any atom is 0.336 e. The number of carbonyl (C=O) groups excluding carboxylic acids is 3. The number of hydrogen-bond acceptors (Lipinski definition) is 7. The van der Waals surface area contributed by atoms with E-state index in [1.54, 1.807) is 0 Å². The van der Waals surface area contributed by atoms with Gasteiger partial charge in [-0.3, -0.25) is 14.6 Å². The van der Waals surface area contributed by atoms with Crippen molar-refractivity contribution in [2.45, 2.75) is 6.42 Å². The monoisotopic (exact) mass is 333 g/mol. The Morgan fingerprint density at radius 1 is 1.12 bits per heavy atom. The molecule has 0 atom stereocenters. The number of nitrogens with one attached hydrogen (secondary N) is 3. The molecule has 24 heavy (non-hydrogen) atoms. The van der Waals surface area contributed by atoms with Crippen LogP contribution in [0.1, 0.15) is 6.42 Å². The molecule has 1 aliphatic rings. The molecule has 10 heteroatoms. The largest absolute Gasteiger partial charge is 0.418 e. The second-order valence-corrected chi connectivity index (χ2v) is 4.44. The molecule has 0 aromatic carbocycles. The van der Waals surface area contributed by atoms with Gasteiger partial charge in [0, 0.05) is 24.3 Å². The molecule has 1 amide bonds. The van der Waals surface area contributed by atoms with Crippen molar-refractivity contribution in [2.24, 2.45) is 0 Å². The molecule has 0 fully saturated rings. The van der Waals surface area contributed by atoms with Gasteiger partial charge in [-0.15, -0.1) is 0 Å². The van der Waals surface area contributed by atoms with Gasteiger partial charge < -0.3 is 19.8 Å². The normalized spacial score (nSPS) is 14.1. The van der Waals surface area contributed by atoms with Gasteiger partial charge in [-0.1, -0.05) is 6.58 Å². The topological polar surface area (TPSA) is 147 Å². The number of allylic oxidation sites excluding steroid dienone is 1. The molecular formula is C14H11N3O7. The fraction of sp³-hybridized carbons (Fsp3) is 0.0714. The first-order valence-corrected chi connectivity index (χ1v) is 6.48. The fourth-order valence-electron chi connectivity index (χ4n) is 1.56. The molecule has 10 nitrogen and oxygen atoms in total. The van der Waals surface area contributed by atoms with Crippen molar-refractivity contribution in [1.82, 2.24) is 15.3 Å². The van der Waals surface area contributed by atoms with E-state index in [1.165, 1.54) is 6.08 Å². The average molecular weight is 333 g/mol. The zero-order chi connectivity index (χ0) is 17.7. The first-order chi connectivity index (χ1) is 11.3. The van der Waals surface area contributed by atoms with Crippen molar-refractivity contribution < 1.29 is 23.9 Å². The molecule has 0 unspecified atom stereocenters. The maximum absolute atomic E-state index is 11.5. The lowest BCUT2D eigenvalue weighted by molar-refractivity contribution is -0.138. The van der Waals surface area contributed by atoms with E-state index in [4.69, 9.17) is 4.74 Å². The van der Waals surface area contributed by atoms with Crippen LogP contribution in [0.15, 0.2) is 52.0 Å². The van der Waals surface area contributed by atoms with Gasteiger partial charge in [0.2, 0.25) is 5.75 Å². The van der Waals surface area contributed by atoms with Gasteiger partial charge in [-0.05, 0) is 6.08 Å². The Balaban J connectivity index is 1.95. The van der Waals surface area contributed by atoms with Crippen LogP contribution in [0.3, 0.4) is 0 Å². The van der Waals surface area contributed by atoms with Gasteiger partial charge in [0.25, 0.3) is 11.5 Å².